The van der Waals surface area contributed by atoms with Crippen molar-refractivity contribution in [3.63, 3.8) is 0 Å². The van der Waals surface area contributed by atoms with Crippen LogP contribution in [0.4, 0.5) is 4.79 Å². The summed E-state index contributed by atoms with van der Waals surface area (Å²) in [4.78, 5) is 17.6. The first kappa shape index (κ1) is 22.8. The maximum Gasteiger partial charge on any atom is 0.407 e. The standard InChI is InChI=1S/C19H20N2O3S.C4H9/c1-21(19(22)23)10-8-17(18-6-3-11-25-18)24-13-15-5-2-4-14-7-9-20-12-16(14)15;1-4(2)3/h2-7,9,11-12,17H,8,10,13H2,1H3,(H,22,23);1-3H3. The molecular weight excluding hydrogens is 384 g/mol. The van der Waals surface area contributed by atoms with Crippen molar-refractivity contribution in [2.24, 2.45) is 0 Å². The van der Waals surface area contributed by atoms with Gasteiger partial charge in [0.15, 0.2) is 0 Å². The van der Waals surface area contributed by atoms with E-state index in [-0.39, 0.29) is 6.10 Å². The zero-order valence-corrected chi connectivity index (χ0v) is 18.3. The molecule has 6 heteroatoms. The molecule has 29 heavy (non-hydrogen) atoms. The zero-order chi connectivity index (χ0) is 21.2. The van der Waals surface area contributed by atoms with Crippen molar-refractivity contribution in [2.45, 2.75) is 39.9 Å². The van der Waals surface area contributed by atoms with Gasteiger partial charge in [-0.2, -0.15) is 0 Å². The van der Waals surface area contributed by atoms with Crippen LogP contribution in [0.1, 0.15) is 43.7 Å². The number of hydrogen-bond donors (Lipinski definition) is 1. The van der Waals surface area contributed by atoms with E-state index in [9.17, 15) is 4.79 Å². The number of fused-ring (bicyclic) bond motifs is 1. The van der Waals surface area contributed by atoms with Crippen molar-refractivity contribution in [3.8, 4) is 0 Å². The smallest absolute Gasteiger partial charge is 0.407 e. The Labute approximate surface area is 177 Å². The summed E-state index contributed by atoms with van der Waals surface area (Å²) in [5.74, 6) is 1.42. The molecule has 0 aliphatic heterocycles. The lowest BCUT2D eigenvalue weighted by atomic mass is 10.1. The van der Waals surface area contributed by atoms with E-state index >= 15 is 0 Å². The Hall–Kier alpha value is -2.44. The van der Waals surface area contributed by atoms with E-state index < -0.39 is 6.09 Å². The molecule has 0 aliphatic carbocycles. The number of rotatable bonds is 7. The van der Waals surface area contributed by atoms with E-state index in [4.69, 9.17) is 9.84 Å². The quantitative estimate of drug-likeness (QED) is 0.503. The van der Waals surface area contributed by atoms with Gasteiger partial charge < -0.3 is 14.7 Å². The molecule has 0 saturated carbocycles. The first-order chi connectivity index (χ1) is 13.9. The van der Waals surface area contributed by atoms with Crippen LogP contribution in [0.2, 0.25) is 0 Å². The van der Waals surface area contributed by atoms with E-state index in [2.05, 4.69) is 31.8 Å². The number of hydrogen-bond acceptors (Lipinski definition) is 4. The minimum absolute atomic E-state index is 0.131. The minimum atomic E-state index is -0.926. The number of pyridine rings is 1. The number of aromatic nitrogens is 1. The topological polar surface area (TPSA) is 62.7 Å². The van der Waals surface area contributed by atoms with Gasteiger partial charge in [0.1, 0.15) is 0 Å². The maximum absolute atomic E-state index is 11.0. The predicted molar refractivity (Wildman–Crippen MR) is 119 cm³/mol. The molecule has 0 bridgehead atoms. The van der Waals surface area contributed by atoms with E-state index in [0.29, 0.717) is 19.6 Å². The molecule has 0 fully saturated rings. The van der Waals surface area contributed by atoms with E-state index in [1.165, 1.54) is 10.8 Å². The number of nitrogens with zero attached hydrogens (tertiary/aromatic N) is 2. The van der Waals surface area contributed by atoms with Crippen molar-refractivity contribution in [1.82, 2.24) is 9.88 Å². The average molecular weight is 414 g/mol. The predicted octanol–water partition coefficient (Wildman–Crippen LogP) is 6.17. The van der Waals surface area contributed by atoms with Crippen LogP contribution < -0.4 is 0 Å². The van der Waals surface area contributed by atoms with E-state index in [0.717, 1.165) is 21.2 Å². The fourth-order valence-corrected chi connectivity index (χ4v) is 3.49. The van der Waals surface area contributed by atoms with Crippen molar-refractivity contribution >= 4 is 28.2 Å². The lowest BCUT2D eigenvalue weighted by Crippen LogP contribution is -2.27. The SMILES string of the molecule is CN(CCC(OCc1cccc2ccncc12)c1cccs1)C(=O)O.C[C](C)C. The Bertz CT molecular complexity index is 873. The number of ether oxygens (including phenoxy) is 1. The molecule has 1 amide bonds. The van der Waals surface area contributed by atoms with Crippen molar-refractivity contribution in [2.75, 3.05) is 13.6 Å². The second-order valence-corrected chi connectivity index (χ2v) is 8.30. The summed E-state index contributed by atoms with van der Waals surface area (Å²) in [6, 6.07) is 12.1. The first-order valence-corrected chi connectivity index (χ1v) is 10.4. The minimum Gasteiger partial charge on any atom is -0.465 e. The summed E-state index contributed by atoms with van der Waals surface area (Å²) < 4.78 is 6.17. The molecule has 1 aromatic carbocycles. The molecule has 1 radical (unpaired) electrons. The second-order valence-electron chi connectivity index (χ2n) is 7.32. The molecule has 3 aromatic rings. The lowest BCUT2D eigenvalue weighted by Gasteiger charge is -2.20. The molecule has 1 unspecified atom stereocenters. The van der Waals surface area contributed by atoms with Crippen LogP contribution in [0.3, 0.4) is 0 Å². The Morgan fingerprint density at radius 1 is 1.21 bits per heavy atom. The zero-order valence-electron chi connectivity index (χ0n) is 17.5. The molecule has 2 aromatic heterocycles. The Morgan fingerprint density at radius 3 is 2.62 bits per heavy atom. The molecule has 2 heterocycles. The van der Waals surface area contributed by atoms with E-state index in [1.54, 1.807) is 24.6 Å². The third-order valence-electron chi connectivity index (χ3n) is 4.13. The van der Waals surface area contributed by atoms with Gasteiger partial charge in [0, 0.05) is 36.2 Å². The van der Waals surface area contributed by atoms with Crippen LogP contribution in [0.5, 0.6) is 0 Å². The van der Waals surface area contributed by atoms with Gasteiger partial charge in [0.05, 0.1) is 12.7 Å². The molecular formula is C23H29N2O3S. The third kappa shape index (κ3) is 7.48. The number of carboxylic acid groups (broad SMARTS) is 1. The van der Waals surface area contributed by atoms with Crippen molar-refractivity contribution < 1.29 is 14.6 Å². The Kier molecular flexibility index (Phi) is 9.09. The molecule has 155 valence electrons. The molecule has 0 saturated heterocycles. The number of thiophene rings is 1. The summed E-state index contributed by atoms with van der Waals surface area (Å²) in [6.45, 7) is 7.14. The highest BCUT2D eigenvalue weighted by Crippen LogP contribution is 2.28. The second kappa shape index (κ2) is 11.5. The summed E-state index contributed by atoms with van der Waals surface area (Å²) in [5, 5.41) is 13.3. The summed E-state index contributed by atoms with van der Waals surface area (Å²) >= 11 is 1.63. The summed E-state index contributed by atoms with van der Waals surface area (Å²) in [5.41, 5.74) is 1.08. The molecule has 0 aliphatic rings. The molecule has 3 rings (SSSR count). The van der Waals surface area contributed by atoms with Crippen LogP contribution in [0.25, 0.3) is 10.8 Å². The fourth-order valence-electron chi connectivity index (χ4n) is 2.68. The van der Waals surface area contributed by atoms with Gasteiger partial charge in [0.25, 0.3) is 0 Å². The third-order valence-corrected chi connectivity index (χ3v) is 5.09. The average Bonchev–Trinajstić information content (AvgIpc) is 3.22. The highest BCUT2D eigenvalue weighted by Gasteiger charge is 2.16. The highest BCUT2D eigenvalue weighted by atomic mass is 32.1. The number of benzene rings is 1. The summed E-state index contributed by atoms with van der Waals surface area (Å²) in [7, 11) is 1.57. The van der Waals surface area contributed by atoms with Crippen LogP contribution in [0, 0.1) is 5.92 Å². The largest absolute Gasteiger partial charge is 0.465 e. The van der Waals surface area contributed by atoms with Crippen LogP contribution in [0.15, 0.2) is 54.2 Å². The van der Waals surface area contributed by atoms with Gasteiger partial charge in [-0.15, -0.1) is 11.3 Å². The monoisotopic (exact) mass is 413 g/mol. The highest BCUT2D eigenvalue weighted by molar-refractivity contribution is 7.10. The number of amides is 1. The van der Waals surface area contributed by atoms with Crippen LogP contribution in [-0.4, -0.2) is 34.7 Å². The fraction of sp³-hybridized carbons (Fsp3) is 0.348. The maximum atomic E-state index is 11.0. The molecule has 1 atom stereocenters. The molecule has 1 N–H and O–H groups in total. The van der Waals surface area contributed by atoms with Gasteiger partial charge >= 0.3 is 6.09 Å². The lowest BCUT2D eigenvalue weighted by molar-refractivity contribution is 0.0316. The van der Waals surface area contributed by atoms with E-state index in [1.807, 2.05) is 41.9 Å². The van der Waals surface area contributed by atoms with Crippen molar-refractivity contribution in [1.29, 1.82) is 0 Å². The Morgan fingerprint density at radius 2 is 1.97 bits per heavy atom. The molecule has 5 nitrogen and oxygen atoms in total. The Balaban J connectivity index is 0.000000687. The van der Waals surface area contributed by atoms with Crippen LogP contribution in [-0.2, 0) is 11.3 Å². The summed E-state index contributed by atoms with van der Waals surface area (Å²) in [6.07, 6.45) is 3.20. The van der Waals surface area contributed by atoms with Crippen molar-refractivity contribution in [3.05, 3.63) is 70.5 Å². The number of carbonyl (C=O) groups is 1. The first-order valence-electron chi connectivity index (χ1n) is 9.56. The normalized spacial score (nSPS) is 11.8. The van der Waals surface area contributed by atoms with Gasteiger partial charge in [0.2, 0.25) is 0 Å². The van der Waals surface area contributed by atoms with Gasteiger partial charge in [-0.25, -0.2) is 4.79 Å². The molecule has 0 spiro atoms. The van der Waals surface area contributed by atoms with Gasteiger partial charge in [-0.05, 0) is 40.8 Å². The van der Waals surface area contributed by atoms with Gasteiger partial charge in [-0.3, -0.25) is 4.98 Å². The van der Waals surface area contributed by atoms with Gasteiger partial charge in [-0.1, -0.05) is 45.0 Å². The van der Waals surface area contributed by atoms with Crippen LogP contribution >= 0.6 is 11.3 Å².